The molecule has 15 heavy (non-hydrogen) atoms. The summed E-state index contributed by atoms with van der Waals surface area (Å²) in [5, 5.41) is 3.21. The van der Waals surface area contributed by atoms with Gasteiger partial charge < -0.3 is 9.64 Å². The van der Waals surface area contributed by atoms with Gasteiger partial charge in [-0.05, 0) is 13.8 Å². The van der Waals surface area contributed by atoms with Crippen molar-refractivity contribution < 1.29 is 9.53 Å². The van der Waals surface area contributed by atoms with Crippen molar-refractivity contribution in [1.82, 2.24) is 10.2 Å². The van der Waals surface area contributed by atoms with Crippen molar-refractivity contribution in [1.29, 1.82) is 0 Å². The predicted molar refractivity (Wildman–Crippen MR) is 60.9 cm³/mol. The molecule has 2 rings (SSSR count). The van der Waals surface area contributed by atoms with E-state index in [1.807, 2.05) is 18.7 Å². The predicted octanol–water partition coefficient (Wildman–Crippen LogP) is 0.286. The van der Waals surface area contributed by atoms with Crippen LogP contribution in [-0.4, -0.2) is 53.8 Å². The van der Waals surface area contributed by atoms with E-state index in [0.717, 1.165) is 18.2 Å². The number of morpholine rings is 1. The lowest BCUT2D eigenvalue weighted by Gasteiger charge is -2.39. The van der Waals surface area contributed by atoms with Crippen LogP contribution in [0, 0.1) is 0 Å². The van der Waals surface area contributed by atoms with Gasteiger partial charge >= 0.3 is 0 Å². The normalized spacial score (nSPS) is 30.5. The Kier molecular flexibility index (Phi) is 3.23. The third kappa shape index (κ3) is 2.65. The number of carbonyl (C=O) groups excluding carboxylic acids is 1. The molecule has 0 aromatic carbocycles. The first-order valence-corrected chi connectivity index (χ1v) is 6.48. The molecule has 1 atom stereocenters. The number of thioether (sulfide) groups is 1. The molecule has 0 saturated carbocycles. The highest BCUT2D eigenvalue weighted by atomic mass is 32.2. The summed E-state index contributed by atoms with van der Waals surface area (Å²) in [6.07, 6.45) is 0. The highest BCUT2D eigenvalue weighted by Gasteiger charge is 2.34. The summed E-state index contributed by atoms with van der Waals surface area (Å²) in [6.45, 7) is 6.14. The van der Waals surface area contributed by atoms with E-state index in [-0.39, 0.29) is 17.6 Å². The fraction of sp³-hybridized carbons (Fsp3) is 0.900. The minimum Gasteiger partial charge on any atom is -0.372 e. The van der Waals surface area contributed by atoms with Gasteiger partial charge in [-0.2, -0.15) is 0 Å². The maximum atomic E-state index is 12.1. The van der Waals surface area contributed by atoms with E-state index in [1.54, 1.807) is 11.8 Å². The molecule has 2 aliphatic rings. The molecule has 2 saturated heterocycles. The van der Waals surface area contributed by atoms with E-state index >= 15 is 0 Å². The van der Waals surface area contributed by atoms with Crippen LogP contribution in [0.2, 0.25) is 0 Å². The number of hydrogen-bond donors (Lipinski definition) is 1. The number of hydrogen-bond acceptors (Lipinski definition) is 4. The van der Waals surface area contributed by atoms with Gasteiger partial charge in [0.1, 0.15) is 0 Å². The minimum absolute atomic E-state index is 0.0175. The minimum atomic E-state index is -0.195. The summed E-state index contributed by atoms with van der Waals surface area (Å²) in [7, 11) is 0. The van der Waals surface area contributed by atoms with Crippen LogP contribution in [0.1, 0.15) is 13.8 Å². The van der Waals surface area contributed by atoms with Gasteiger partial charge in [0.05, 0.1) is 18.2 Å². The zero-order chi connectivity index (χ0) is 10.9. The van der Waals surface area contributed by atoms with Crippen LogP contribution < -0.4 is 5.32 Å². The zero-order valence-electron chi connectivity index (χ0n) is 9.28. The van der Waals surface area contributed by atoms with Crippen LogP contribution in [0.3, 0.4) is 0 Å². The van der Waals surface area contributed by atoms with E-state index in [2.05, 4.69) is 5.32 Å². The molecule has 2 fully saturated rings. The summed E-state index contributed by atoms with van der Waals surface area (Å²) in [6, 6.07) is 0.0175. The highest BCUT2D eigenvalue weighted by Crippen LogP contribution is 2.19. The molecule has 2 aliphatic heterocycles. The SMILES string of the molecule is CC1(C)CN(C(=O)[C@H]2CSCN2)CCO1. The van der Waals surface area contributed by atoms with E-state index in [4.69, 9.17) is 4.74 Å². The van der Waals surface area contributed by atoms with E-state index in [0.29, 0.717) is 13.2 Å². The van der Waals surface area contributed by atoms with Crippen LogP contribution in [-0.2, 0) is 9.53 Å². The second-order valence-corrected chi connectivity index (χ2v) is 5.67. The first-order valence-electron chi connectivity index (χ1n) is 5.32. The molecule has 1 amide bonds. The summed E-state index contributed by atoms with van der Waals surface area (Å²) in [4.78, 5) is 14.0. The van der Waals surface area contributed by atoms with Gasteiger partial charge in [0, 0.05) is 24.7 Å². The van der Waals surface area contributed by atoms with E-state index in [1.165, 1.54) is 0 Å². The molecule has 0 spiro atoms. The Morgan fingerprint density at radius 1 is 1.60 bits per heavy atom. The molecule has 5 heteroatoms. The van der Waals surface area contributed by atoms with Gasteiger partial charge in [-0.1, -0.05) is 0 Å². The molecule has 2 heterocycles. The fourth-order valence-electron chi connectivity index (χ4n) is 1.98. The monoisotopic (exact) mass is 230 g/mol. The van der Waals surface area contributed by atoms with Gasteiger partial charge in [0.25, 0.3) is 0 Å². The lowest BCUT2D eigenvalue weighted by Crippen LogP contribution is -2.55. The first kappa shape index (κ1) is 11.2. The average Bonchev–Trinajstić information content (AvgIpc) is 2.67. The molecule has 0 aromatic heterocycles. The van der Waals surface area contributed by atoms with Gasteiger partial charge in [-0.15, -0.1) is 11.8 Å². The number of ether oxygens (including phenoxy) is 1. The number of carbonyl (C=O) groups is 1. The summed E-state index contributed by atoms with van der Waals surface area (Å²) < 4.78 is 5.59. The fourth-order valence-corrected chi connectivity index (χ4v) is 2.91. The van der Waals surface area contributed by atoms with Crippen LogP contribution in [0.5, 0.6) is 0 Å². The lowest BCUT2D eigenvalue weighted by atomic mass is 10.1. The van der Waals surface area contributed by atoms with Crippen molar-refractivity contribution in [3.05, 3.63) is 0 Å². The Bertz CT molecular complexity index is 252. The molecule has 0 aliphatic carbocycles. The standard InChI is InChI=1S/C10H18N2O2S/c1-10(2)6-12(3-4-14-10)9(13)8-5-15-7-11-8/h8,11H,3-7H2,1-2H3/t8-/m1/s1. The first-order chi connectivity index (χ1) is 7.08. The molecular formula is C10H18N2O2S. The third-order valence-corrected chi connectivity index (χ3v) is 3.69. The van der Waals surface area contributed by atoms with Gasteiger partial charge in [0.2, 0.25) is 5.91 Å². The Morgan fingerprint density at radius 3 is 3.00 bits per heavy atom. The molecule has 0 aromatic rings. The van der Waals surface area contributed by atoms with Gasteiger partial charge in [-0.25, -0.2) is 0 Å². The van der Waals surface area contributed by atoms with Gasteiger partial charge in [0.15, 0.2) is 0 Å². The lowest BCUT2D eigenvalue weighted by molar-refractivity contribution is -0.147. The van der Waals surface area contributed by atoms with Crippen molar-refractivity contribution >= 4 is 17.7 Å². The van der Waals surface area contributed by atoms with E-state index < -0.39 is 0 Å². The Hall–Kier alpha value is -0.260. The topological polar surface area (TPSA) is 41.6 Å². The molecule has 4 nitrogen and oxygen atoms in total. The average molecular weight is 230 g/mol. The summed E-state index contributed by atoms with van der Waals surface area (Å²) >= 11 is 1.78. The maximum Gasteiger partial charge on any atom is 0.240 e. The molecule has 1 N–H and O–H groups in total. The van der Waals surface area contributed by atoms with E-state index in [9.17, 15) is 4.79 Å². The van der Waals surface area contributed by atoms with Crippen molar-refractivity contribution in [2.45, 2.75) is 25.5 Å². The van der Waals surface area contributed by atoms with Crippen LogP contribution in [0.25, 0.3) is 0 Å². The Morgan fingerprint density at radius 2 is 2.40 bits per heavy atom. The Balaban J connectivity index is 1.94. The molecule has 0 radical (unpaired) electrons. The highest BCUT2D eigenvalue weighted by molar-refractivity contribution is 7.99. The molecular weight excluding hydrogens is 212 g/mol. The smallest absolute Gasteiger partial charge is 0.240 e. The summed E-state index contributed by atoms with van der Waals surface area (Å²) in [5.41, 5.74) is -0.195. The largest absolute Gasteiger partial charge is 0.372 e. The summed E-state index contributed by atoms with van der Waals surface area (Å²) in [5.74, 6) is 2.03. The van der Waals surface area contributed by atoms with Crippen molar-refractivity contribution in [2.24, 2.45) is 0 Å². The van der Waals surface area contributed by atoms with Crippen molar-refractivity contribution in [3.63, 3.8) is 0 Å². The van der Waals surface area contributed by atoms with Crippen LogP contribution in [0.4, 0.5) is 0 Å². The number of amides is 1. The van der Waals surface area contributed by atoms with Crippen molar-refractivity contribution in [2.75, 3.05) is 31.3 Å². The van der Waals surface area contributed by atoms with Crippen LogP contribution >= 0.6 is 11.8 Å². The second-order valence-electron chi connectivity index (χ2n) is 4.64. The number of rotatable bonds is 1. The van der Waals surface area contributed by atoms with Crippen molar-refractivity contribution in [3.8, 4) is 0 Å². The number of nitrogens with one attached hydrogen (secondary N) is 1. The Labute approximate surface area is 94.7 Å². The quantitative estimate of drug-likeness (QED) is 0.703. The second kappa shape index (κ2) is 4.31. The maximum absolute atomic E-state index is 12.1. The third-order valence-electron chi connectivity index (χ3n) is 2.75. The zero-order valence-corrected chi connectivity index (χ0v) is 10.1. The molecule has 0 unspecified atom stereocenters. The van der Waals surface area contributed by atoms with Gasteiger partial charge in [-0.3, -0.25) is 10.1 Å². The molecule has 86 valence electrons. The molecule has 0 bridgehead atoms. The van der Waals surface area contributed by atoms with Crippen LogP contribution in [0.15, 0.2) is 0 Å². The number of nitrogens with zero attached hydrogens (tertiary/aromatic N) is 1.